The number of benzene rings is 1. The maximum absolute atomic E-state index is 12.8. The van der Waals surface area contributed by atoms with E-state index in [0.29, 0.717) is 4.90 Å². The van der Waals surface area contributed by atoms with Gasteiger partial charge in [-0.1, -0.05) is 6.07 Å². The second kappa shape index (κ2) is 6.55. The highest BCUT2D eigenvalue weighted by Gasteiger charge is 2.26. The predicted octanol–water partition coefficient (Wildman–Crippen LogP) is 2.01. The van der Waals surface area contributed by atoms with E-state index >= 15 is 0 Å². The molecule has 0 bridgehead atoms. The number of hydrogen-bond acceptors (Lipinski definition) is 5. The van der Waals surface area contributed by atoms with Crippen LogP contribution in [0.1, 0.15) is 34.5 Å². The van der Waals surface area contributed by atoms with Gasteiger partial charge in [-0.3, -0.25) is 0 Å². The standard InChI is InChI=1S/C17H21N3O2S2/c21-24(22,20-14-4-6-16-17(9-14)23-11-19-16)15-5-3-13-10-18-7-1-2-12(13)8-15/h3,5,8,11,14,18,20H,1-2,4,6-7,9-10H2/t14-/m0/s1. The molecule has 0 saturated heterocycles. The van der Waals surface area contributed by atoms with E-state index in [2.05, 4.69) is 15.0 Å². The SMILES string of the molecule is O=S(=O)(N[C@H]1CCc2ncsc2C1)c1ccc2c(c1)CCCNC2. The number of sulfonamides is 1. The number of rotatable bonds is 3. The van der Waals surface area contributed by atoms with Crippen molar-refractivity contribution in [2.45, 2.75) is 49.6 Å². The van der Waals surface area contributed by atoms with Crippen molar-refractivity contribution in [3.63, 3.8) is 0 Å². The van der Waals surface area contributed by atoms with Gasteiger partial charge in [-0.25, -0.2) is 18.1 Å². The number of aryl methyl sites for hydroxylation is 2. The van der Waals surface area contributed by atoms with E-state index in [9.17, 15) is 8.42 Å². The van der Waals surface area contributed by atoms with E-state index in [1.165, 1.54) is 10.4 Å². The lowest BCUT2D eigenvalue weighted by atomic mass is 9.99. The largest absolute Gasteiger partial charge is 0.313 e. The number of fused-ring (bicyclic) bond motifs is 2. The van der Waals surface area contributed by atoms with Gasteiger partial charge >= 0.3 is 0 Å². The van der Waals surface area contributed by atoms with Crippen molar-refractivity contribution in [2.75, 3.05) is 6.54 Å². The summed E-state index contributed by atoms with van der Waals surface area (Å²) in [7, 11) is -3.48. The Morgan fingerprint density at radius 2 is 2.17 bits per heavy atom. The predicted molar refractivity (Wildman–Crippen MR) is 94.7 cm³/mol. The summed E-state index contributed by atoms with van der Waals surface area (Å²) in [5.74, 6) is 0. The molecule has 1 aliphatic carbocycles. The van der Waals surface area contributed by atoms with Crippen LogP contribution >= 0.6 is 11.3 Å². The molecule has 2 N–H and O–H groups in total. The van der Waals surface area contributed by atoms with Crippen molar-refractivity contribution < 1.29 is 8.42 Å². The minimum atomic E-state index is -3.48. The number of thiazole rings is 1. The molecule has 0 amide bonds. The lowest BCUT2D eigenvalue weighted by Crippen LogP contribution is -2.38. The molecule has 0 spiro atoms. The first kappa shape index (κ1) is 16.2. The van der Waals surface area contributed by atoms with Gasteiger partial charge in [0.2, 0.25) is 10.0 Å². The van der Waals surface area contributed by atoms with Crippen molar-refractivity contribution in [3.05, 3.63) is 45.4 Å². The fraction of sp³-hybridized carbons (Fsp3) is 0.471. The van der Waals surface area contributed by atoms with E-state index in [4.69, 9.17) is 0 Å². The normalized spacial score (nSPS) is 20.9. The van der Waals surface area contributed by atoms with Gasteiger partial charge in [0.1, 0.15) is 0 Å². The molecule has 2 heterocycles. The molecule has 7 heteroatoms. The summed E-state index contributed by atoms with van der Waals surface area (Å²) in [4.78, 5) is 5.94. The van der Waals surface area contributed by atoms with Gasteiger partial charge in [-0.15, -0.1) is 11.3 Å². The summed E-state index contributed by atoms with van der Waals surface area (Å²) >= 11 is 1.62. The highest BCUT2D eigenvalue weighted by atomic mass is 32.2. The summed E-state index contributed by atoms with van der Waals surface area (Å²) < 4.78 is 28.5. The van der Waals surface area contributed by atoms with Crippen molar-refractivity contribution in [1.82, 2.24) is 15.0 Å². The Bertz CT molecular complexity index is 845. The molecule has 1 aliphatic heterocycles. The highest BCUT2D eigenvalue weighted by Crippen LogP contribution is 2.25. The second-order valence-corrected chi connectivity index (χ2v) is 9.15. The molecule has 1 aromatic carbocycles. The topological polar surface area (TPSA) is 71.1 Å². The van der Waals surface area contributed by atoms with E-state index in [0.717, 1.165) is 56.5 Å². The number of hydrogen-bond donors (Lipinski definition) is 2. The van der Waals surface area contributed by atoms with Crippen LogP contribution in [0.4, 0.5) is 0 Å². The molecule has 4 rings (SSSR count). The summed E-state index contributed by atoms with van der Waals surface area (Å²) in [6.45, 7) is 1.80. The molecule has 2 aliphatic rings. The zero-order valence-corrected chi connectivity index (χ0v) is 15.0. The number of aromatic nitrogens is 1. The van der Waals surface area contributed by atoms with Crippen LogP contribution in [-0.4, -0.2) is 26.0 Å². The molecule has 5 nitrogen and oxygen atoms in total. The van der Waals surface area contributed by atoms with Gasteiger partial charge in [-0.05, 0) is 55.5 Å². The first-order valence-electron chi connectivity index (χ1n) is 8.38. The van der Waals surface area contributed by atoms with Crippen molar-refractivity contribution in [1.29, 1.82) is 0 Å². The zero-order chi connectivity index (χ0) is 16.6. The molecule has 0 radical (unpaired) electrons. The molecular formula is C17H21N3O2S2. The lowest BCUT2D eigenvalue weighted by molar-refractivity contribution is 0.508. The van der Waals surface area contributed by atoms with E-state index in [-0.39, 0.29) is 6.04 Å². The number of nitrogens with one attached hydrogen (secondary N) is 2. The summed E-state index contributed by atoms with van der Waals surface area (Å²) in [6.07, 6.45) is 4.38. The lowest BCUT2D eigenvalue weighted by Gasteiger charge is -2.22. The molecule has 0 fully saturated rings. The van der Waals surface area contributed by atoms with Crippen LogP contribution in [0.25, 0.3) is 0 Å². The molecule has 128 valence electrons. The monoisotopic (exact) mass is 363 g/mol. The maximum Gasteiger partial charge on any atom is 0.240 e. The minimum Gasteiger partial charge on any atom is -0.313 e. The summed E-state index contributed by atoms with van der Waals surface area (Å²) in [5.41, 5.74) is 5.34. The van der Waals surface area contributed by atoms with Crippen molar-refractivity contribution in [3.8, 4) is 0 Å². The van der Waals surface area contributed by atoms with Gasteiger partial charge in [0, 0.05) is 23.9 Å². The smallest absolute Gasteiger partial charge is 0.240 e. The second-order valence-electron chi connectivity index (χ2n) is 6.49. The third-order valence-corrected chi connectivity index (χ3v) is 7.23. The van der Waals surface area contributed by atoms with Crippen LogP contribution < -0.4 is 10.0 Å². The van der Waals surface area contributed by atoms with Gasteiger partial charge in [-0.2, -0.15) is 0 Å². The molecule has 24 heavy (non-hydrogen) atoms. The Balaban J connectivity index is 1.54. The third kappa shape index (κ3) is 3.26. The fourth-order valence-electron chi connectivity index (χ4n) is 3.49. The fourth-order valence-corrected chi connectivity index (χ4v) is 5.71. The van der Waals surface area contributed by atoms with E-state index in [1.807, 2.05) is 17.6 Å². The van der Waals surface area contributed by atoms with Crippen molar-refractivity contribution in [2.24, 2.45) is 0 Å². The number of nitrogens with zero attached hydrogens (tertiary/aromatic N) is 1. The molecular weight excluding hydrogens is 342 g/mol. The average Bonchev–Trinajstić information content (AvgIpc) is 2.89. The Labute approximate surface area is 146 Å². The third-order valence-electron chi connectivity index (χ3n) is 4.81. The van der Waals surface area contributed by atoms with E-state index < -0.39 is 10.0 Å². The van der Waals surface area contributed by atoms with E-state index in [1.54, 1.807) is 17.4 Å². The Morgan fingerprint density at radius 3 is 3.08 bits per heavy atom. The zero-order valence-electron chi connectivity index (χ0n) is 13.4. The van der Waals surface area contributed by atoms with Crippen LogP contribution in [0.2, 0.25) is 0 Å². The quantitative estimate of drug-likeness (QED) is 0.875. The Morgan fingerprint density at radius 1 is 1.25 bits per heavy atom. The van der Waals surface area contributed by atoms with Crippen molar-refractivity contribution >= 4 is 21.4 Å². The van der Waals surface area contributed by atoms with Crippen LogP contribution in [0.5, 0.6) is 0 Å². The van der Waals surface area contributed by atoms with Crippen LogP contribution in [0.15, 0.2) is 28.6 Å². The van der Waals surface area contributed by atoms with Gasteiger partial charge in [0.15, 0.2) is 0 Å². The molecule has 1 aromatic heterocycles. The first-order valence-corrected chi connectivity index (χ1v) is 10.7. The highest BCUT2D eigenvalue weighted by molar-refractivity contribution is 7.89. The molecule has 2 aromatic rings. The molecule has 0 unspecified atom stereocenters. The maximum atomic E-state index is 12.8. The van der Waals surface area contributed by atoms with Gasteiger partial charge in [0.25, 0.3) is 0 Å². The van der Waals surface area contributed by atoms with Gasteiger partial charge < -0.3 is 5.32 Å². The summed E-state index contributed by atoms with van der Waals surface area (Å²) in [6, 6.07) is 5.49. The van der Waals surface area contributed by atoms with Crippen LogP contribution in [0, 0.1) is 0 Å². The molecule has 0 saturated carbocycles. The average molecular weight is 364 g/mol. The Kier molecular flexibility index (Phi) is 4.42. The first-order chi connectivity index (χ1) is 11.6. The van der Waals surface area contributed by atoms with Crippen LogP contribution in [0.3, 0.4) is 0 Å². The van der Waals surface area contributed by atoms with Gasteiger partial charge in [0.05, 0.1) is 16.1 Å². The van der Waals surface area contributed by atoms with Crippen LogP contribution in [-0.2, 0) is 35.8 Å². The molecule has 1 atom stereocenters. The summed E-state index contributed by atoms with van der Waals surface area (Å²) in [5, 5.41) is 3.36. The minimum absolute atomic E-state index is 0.0385. The Hall–Kier alpha value is -1.28.